The van der Waals surface area contributed by atoms with Crippen LogP contribution in [0.3, 0.4) is 0 Å². The molecule has 1 rings (SSSR count). The van der Waals surface area contributed by atoms with Crippen molar-refractivity contribution in [2.75, 3.05) is 20.1 Å². The van der Waals surface area contributed by atoms with Crippen molar-refractivity contribution in [1.82, 2.24) is 15.6 Å². The van der Waals surface area contributed by atoms with Gasteiger partial charge in [0.1, 0.15) is 5.76 Å². The first-order valence-electron chi connectivity index (χ1n) is 6.55. The Hall–Kier alpha value is -1.86. The van der Waals surface area contributed by atoms with E-state index in [1.807, 2.05) is 17.2 Å². The van der Waals surface area contributed by atoms with Crippen LogP contribution in [-0.2, 0) is 11.3 Å². The fourth-order valence-electron chi connectivity index (χ4n) is 1.91. The second-order valence-corrected chi connectivity index (χ2v) is 4.55. The van der Waals surface area contributed by atoms with E-state index in [1.54, 1.807) is 20.0 Å². The van der Waals surface area contributed by atoms with Gasteiger partial charge in [-0.05, 0) is 26.0 Å². The lowest BCUT2D eigenvalue weighted by atomic mass is 10.2. The molecule has 0 aliphatic carbocycles. The monoisotopic (exact) mass is 282 g/mol. The standard InChI is InChI=1S/C13H22N4O3/c1-4-5-17(8-12(18)15-3)7-10-6-11(13(19)16-14)20-9(10)2/h6H,4-5,7-8,14H2,1-3H3,(H,15,18)(H,16,19). The van der Waals surface area contributed by atoms with Gasteiger partial charge < -0.3 is 9.73 Å². The van der Waals surface area contributed by atoms with Crippen LogP contribution >= 0.6 is 0 Å². The summed E-state index contributed by atoms with van der Waals surface area (Å²) in [5.41, 5.74) is 2.91. The third-order valence-corrected chi connectivity index (χ3v) is 2.96. The number of furan rings is 1. The lowest BCUT2D eigenvalue weighted by Gasteiger charge is -2.20. The summed E-state index contributed by atoms with van der Waals surface area (Å²) in [6.07, 6.45) is 0.935. The Morgan fingerprint density at radius 2 is 2.15 bits per heavy atom. The van der Waals surface area contributed by atoms with Gasteiger partial charge in [-0.3, -0.25) is 19.9 Å². The van der Waals surface area contributed by atoms with Gasteiger partial charge in [0.25, 0.3) is 0 Å². The highest BCUT2D eigenvalue weighted by Gasteiger charge is 2.16. The number of hydrogen-bond donors (Lipinski definition) is 3. The smallest absolute Gasteiger partial charge is 0.300 e. The van der Waals surface area contributed by atoms with Crippen LogP contribution in [-0.4, -0.2) is 36.9 Å². The van der Waals surface area contributed by atoms with Gasteiger partial charge in [0.2, 0.25) is 5.91 Å². The predicted octanol–water partition coefficient (Wildman–Crippen LogP) is 0.150. The summed E-state index contributed by atoms with van der Waals surface area (Å²) in [6, 6.07) is 1.66. The Morgan fingerprint density at radius 3 is 2.70 bits per heavy atom. The van der Waals surface area contributed by atoms with Gasteiger partial charge in [-0.15, -0.1) is 0 Å². The van der Waals surface area contributed by atoms with Crippen molar-refractivity contribution >= 4 is 11.8 Å². The summed E-state index contributed by atoms with van der Waals surface area (Å²) in [5, 5.41) is 2.60. The van der Waals surface area contributed by atoms with E-state index < -0.39 is 5.91 Å². The Labute approximate surface area is 118 Å². The van der Waals surface area contributed by atoms with E-state index in [-0.39, 0.29) is 11.7 Å². The first kappa shape index (κ1) is 16.2. The summed E-state index contributed by atoms with van der Waals surface area (Å²) in [7, 11) is 1.61. The average Bonchev–Trinajstić information content (AvgIpc) is 2.79. The maximum Gasteiger partial charge on any atom is 0.300 e. The number of hydrogen-bond acceptors (Lipinski definition) is 5. The lowest BCUT2D eigenvalue weighted by Crippen LogP contribution is -2.35. The Bertz CT molecular complexity index is 470. The van der Waals surface area contributed by atoms with E-state index in [9.17, 15) is 9.59 Å². The zero-order valence-corrected chi connectivity index (χ0v) is 12.2. The maximum atomic E-state index is 11.5. The topological polar surface area (TPSA) is 101 Å². The molecule has 7 nitrogen and oxygen atoms in total. The molecule has 4 N–H and O–H groups in total. The first-order valence-corrected chi connectivity index (χ1v) is 6.55. The van der Waals surface area contributed by atoms with Crippen LogP contribution in [0.25, 0.3) is 0 Å². The molecule has 0 aliphatic heterocycles. The molecule has 112 valence electrons. The molecular formula is C13H22N4O3. The number of rotatable bonds is 7. The second kappa shape index (κ2) is 7.66. The zero-order chi connectivity index (χ0) is 15.1. The molecule has 0 aromatic carbocycles. The fourth-order valence-corrected chi connectivity index (χ4v) is 1.91. The van der Waals surface area contributed by atoms with Gasteiger partial charge in [-0.2, -0.15) is 0 Å². The zero-order valence-electron chi connectivity index (χ0n) is 12.2. The number of carbonyl (C=O) groups is 2. The molecule has 0 unspecified atom stereocenters. The number of nitrogens with zero attached hydrogens (tertiary/aromatic N) is 1. The van der Waals surface area contributed by atoms with Gasteiger partial charge in [0.05, 0.1) is 6.54 Å². The van der Waals surface area contributed by atoms with Gasteiger partial charge in [-0.25, -0.2) is 5.84 Å². The number of nitrogens with two attached hydrogens (primary N) is 1. The Morgan fingerprint density at radius 1 is 1.45 bits per heavy atom. The second-order valence-electron chi connectivity index (χ2n) is 4.55. The summed E-state index contributed by atoms with van der Waals surface area (Å²) >= 11 is 0. The van der Waals surface area contributed by atoms with Gasteiger partial charge in [0.15, 0.2) is 5.76 Å². The number of nitrogens with one attached hydrogen (secondary N) is 2. The number of likely N-dealkylation sites (N-methyl/N-ethyl adjacent to an activating group) is 1. The van der Waals surface area contributed by atoms with Crippen LogP contribution in [0.4, 0.5) is 0 Å². The van der Waals surface area contributed by atoms with Crippen LogP contribution in [0.15, 0.2) is 10.5 Å². The molecule has 0 radical (unpaired) electrons. The third kappa shape index (κ3) is 4.36. The molecule has 1 aromatic rings. The highest BCUT2D eigenvalue weighted by atomic mass is 16.4. The fraction of sp³-hybridized carbons (Fsp3) is 0.538. The molecule has 7 heteroatoms. The predicted molar refractivity (Wildman–Crippen MR) is 74.7 cm³/mol. The van der Waals surface area contributed by atoms with Crippen LogP contribution in [0, 0.1) is 6.92 Å². The molecule has 0 saturated carbocycles. The Balaban J connectivity index is 2.79. The van der Waals surface area contributed by atoms with Crippen molar-refractivity contribution in [3.05, 3.63) is 23.2 Å². The molecule has 1 heterocycles. The number of amides is 2. The molecule has 0 atom stereocenters. The largest absolute Gasteiger partial charge is 0.456 e. The van der Waals surface area contributed by atoms with Crippen molar-refractivity contribution in [2.24, 2.45) is 5.84 Å². The van der Waals surface area contributed by atoms with Gasteiger partial charge in [0, 0.05) is 19.2 Å². The van der Waals surface area contributed by atoms with Crippen LogP contribution in [0.5, 0.6) is 0 Å². The maximum absolute atomic E-state index is 11.5. The van der Waals surface area contributed by atoms with E-state index in [0.29, 0.717) is 18.8 Å². The number of hydrazine groups is 1. The minimum absolute atomic E-state index is 0.0421. The number of carbonyl (C=O) groups excluding carboxylic acids is 2. The van der Waals surface area contributed by atoms with E-state index >= 15 is 0 Å². The average molecular weight is 282 g/mol. The van der Waals surface area contributed by atoms with Crippen LogP contribution in [0.2, 0.25) is 0 Å². The summed E-state index contributed by atoms with van der Waals surface area (Å²) in [5.74, 6) is 5.40. The van der Waals surface area contributed by atoms with Crippen molar-refractivity contribution in [3.63, 3.8) is 0 Å². The van der Waals surface area contributed by atoms with E-state index in [4.69, 9.17) is 10.3 Å². The molecule has 0 aliphatic rings. The quantitative estimate of drug-likeness (QED) is 0.375. The van der Waals surface area contributed by atoms with Crippen molar-refractivity contribution in [3.8, 4) is 0 Å². The van der Waals surface area contributed by atoms with Gasteiger partial charge in [-0.1, -0.05) is 6.92 Å². The van der Waals surface area contributed by atoms with E-state index in [1.165, 1.54) is 0 Å². The summed E-state index contributed by atoms with van der Waals surface area (Å²) < 4.78 is 5.36. The highest BCUT2D eigenvalue weighted by molar-refractivity contribution is 5.91. The molecule has 0 spiro atoms. The third-order valence-electron chi connectivity index (χ3n) is 2.96. The summed E-state index contributed by atoms with van der Waals surface area (Å²) in [6.45, 7) is 5.48. The van der Waals surface area contributed by atoms with Crippen LogP contribution < -0.4 is 16.6 Å². The Kier molecular flexibility index (Phi) is 6.20. The molecule has 20 heavy (non-hydrogen) atoms. The molecule has 0 fully saturated rings. The minimum atomic E-state index is -0.465. The van der Waals surface area contributed by atoms with Crippen molar-refractivity contribution < 1.29 is 14.0 Å². The number of nitrogen functional groups attached to an aromatic ring is 1. The lowest BCUT2D eigenvalue weighted by molar-refractivity contribution is -0.121. The SMILES string of the molecule is CCCN(CC(=O)NC)Cc1cc(C(=O)NN)oc1C. The normalized spacial score (nSPS) is 10.7. The van der Waals surface area contributed by atoms with Gasteiger partial charge >= 0.3 is 5.91 Å². The molecule has 0 bridgehead atoms. The van der Waals surface area contributed by atoms with Crippen LogP contribution in [0.1, 0.15) is 35.2 Å². The van der Waals surface area contributed by atoms with Crippen molar-refractivity contribution in [2.45, 2.75) is 26.8 Å². The van der Waals surface area contributed by atoms with Crippen molar-refractivity contribution in [1.29, 1.82) is 0 Å². The van der Waals surface area contributed by atoms with E-state index in [2.05, 4.69) is 5.32 Å². The van der Waals surface area contributed by atoms with E-state index in [0.717, 1.165) is 18.5 Å². The minimum Gasteiger partial charge on any atom is -0.456 e. The first-order chi connectivity index (χ1) is 9.51. The molecule has 2 amide bonds. The highest BCUT2D eigenvalue weighted by Crippen LogP contribution is 2.16. The molecule has 0 saturated heterocycles. The summed E-state index contributed by atoms with van der Waals surface area (Å²) in [4.78, 5) is 24.9. The molecule has 1 aromatic heterocycles. The molecular weight excluding hydrogens is 260 g/mol. The number of aryl methyl sites for hydroxylation is 1.